The average Bonchev–Trinajstić information content (AvgIpc) is 2.71. The van der Waals surface area contributed by atoms with Gasteiger partial charge in [0.05, 0.1) is 11.2 Å². The second kappa shape index (κ2) is 8.15. The SMILES string of the molecule is Oc1ccc(Cl)cc1Nc1nc(NCCc2ccccc2)c2ccccc2n1. The zero-order valence-corrected chi connectivity index (χ0v) is 15.8. The maximum atomic E-state index is 10.1. The van der Waals surface area contributed by atoms with Crippen LogP contribution < -0.4 is 10.6 Å². The summed E-state index contributed by atoms with van der Waals surface area (Å²) in [4.78, 5) is 9.16. The Kier molecular flexibility index (Phi) is 5.26. The van der Waals surface area contributed by atoms with E-state index in [1.165, 1.54) is 11.6 Å². The topological polar surface area (TPSA) is 70.1 Å². The Bertz CT molecular complexity index is 1100. The van der Waals surface area contributed by atoms with E-state index in [1.807, 2.05) is 42.5 Å². The molecule has 0 unspecified atom stereocenters. The van der Waals surface area contributed by atoms with Crippen LogP contribution in [0.2, 0.25) is 5.02 Å². The van der Waals surface area contributed by atoms with Crippen molar-refractivity contribution >= 4 is 40.0 Å². The van der Waals surface area contributed by atoms with Gasteiger partial charge in [-0.2, -0.15) is 4.98 Å². The molecule has 3 N–H and O–H groups in total. The van der Waals surface area contributed by atoms with Crippen LogP contribution in [0.3, 0.4) is 0 Å². The minimum Gasteiger partial charge on any atom is -0.506 e. The molecule has 4 aromatic rings. The Morgan fingerprint density at radius 3 is 2.54 bits per heavy atom. The summed E-state index contributed by atoms with van der Waals surface area (Å²) in [5.41, 5.74) is 2.53. The van der Waals surface area contributed by atoms with Gasteiger partial charge in [-0.3, -0.25) is 0 Å². The smallest absolute Gasteiger partial charge is 0.229 e. The van der Waals surface area contributed by atoms with Crippen LogP contribution in [0.15, 0.2) is 72.8 Å². The van der Waals surface area contributed by atoms with Gasteiger partial charge < -0.3 is 15.7 Å². The van der Waals surface area contributed by atoms with Gasteiger partial charge in [-0.15, -0.1) is 0 Å². The zero-order chi connectivity index (χ0) is 19.3. The molecule has 0 bridgehead atoms. The normalized spacial score (nSPS) is 10.8. The summed E-state index contributed by atoms with van der Waals surface area (Å²) >= 11 is 6.03. The van der Waals surface area contributed by atoms with E-state index < -0.39 is 0 Å². The molecule has 3 aromatic carbocycles. The summed E-state index contributed by atoms with van der Waals surface area (Å²) in [7, 11) is 0. The molecule has 0 saturated heterocycles. The molecule has 140 valence electrons. The minimum atomic E-state index is 0.0831. The first-order chi connectivity index (χ1) is 13.7. The third kappa shape index (κ3) is 4.15. The number of aromatic hydroxyl groups is 1. The Hall–Kier alpha value is -3.31. The third-order valence-electron chi connectivity index (χ3n) is 4.36. The molecule has 28 heavy (non-hydrogen) atoms. The van der Waals surface area contributed by atoms with E-state index in [4.69, 9.17) is 11.6 Å². The molecule has 0 aliphatic heterocycles. The lowest BCUT2D eigenvalue weighted by atomic mass is 10.1. The summed E-state index contributed by atoms with van der Waals surface area (Å²) < 4.78 is 0. The molecule has 0 fully saturated rings. The first-order valence-corrected chi connectivity index (χ1v) is 9.37. The number of rotatable bonds is 6. The van der Waals surface area contributed by atoms with Crippen molar-refractivity contribution in [2.24, 2.45) is 0 Å². The fraction of sp³-hybridized carbons (Fsp3) is 0.0909. The average molecular weight is 391 g/mol. The van der Waals surface area contributed by atoms with Gasteiger partial charge >= 0.3 is 0 Å². The highest BCUT2D eigenvalue weighted by atomic mass is 35.5. The number of phenols is 1. The summed E-state index contributed by atoms with van der Waals surface area (Å²) in [5.74, 6) is 1.21. The number of benzene rings is 3. The molecule has 0 aliphatic carbocycles. The molecule has 0 saturated carbocycles. The number of aromatic nitrogens is 2. The number of hydrogen-bond acceptors (Lipinski definition) is 5. The van der Waals surface area contributed by atoms with E-state index in [0.29, 0.717) is 16.7 Å². The molecule has 0 atom stereocenters. The van der Waals surface area contributed by atoms with Crippen molar-refractivity contribution in [3.63, 3.8) is 0 Å². The molecule has 4 rings (SSSR count). The standard InChI is InChI=1S/C22H19ClN4O/c23-16-10-11-20(28)19(14-16)26-22-25-18-9-5-4-8-17(18)21(27-22)24-13-12-15-6-2-1-3-7-15/h1-11,14,28H,12-13H2,(H2,24,25,26,27). The third-order valence-corrected chi connectivity index (χ3v) is 4.59. The first-order valence-electron chi connectivity index (χ1n) is 8.99. The number of anilines is 3. The summed E-state index contributed by atoms with van der Waals surface area (Å²) in [6.45, 7) is 0.743. The van der Waals surface area contributed by atoms with Gasteiger partial charge in [0.2, 0.25) is 5.95 Å². The Labute approximate surface area is 168 Å². The van der Waals surface area contributed by atoms with Crippen LogP contribution in [0.5, 0.6) is 5.75 Å². The maximum Gasteiger partial charge on any atom is 0.229 e. The second-order valence-electron chi connectivity index (χ2n) is 6.36. The molecule has 0 radical (unpaired) electrons. The van der Waals surface area contributed by atoms with E-state index in [2.05, 4.69) is 32.7 Å². The number of nitrogens with zero attached hydrogens (tertiary/aromatic N) is 2. The van der Waals surface area contributed by atoms with Crippen LogP contribution in [0.25, 0.3) is 10.9 Å². The summed E-state index contributed by atoms with van der Waals surface area (Å²) in [6, 6.07) is 22.9. The van der Waals surface area contributed by atoms with E-state index in [-0.39, 0.29) is 5.75 Å². The van der Waals surface area contributed by atoms with Gasteiger partial charge in [0.15, 0.2) is 0 Å². The van der Waals surface area contributed by atoms with E-state index in [9.17, 15) is 5.11 Å². The van der Waals surface area contributed by atoms with Gasteiger partial charge in [-0.05, 0) is 42.3 Å². The Balaban J connectivity index is 1.60. The number of fused-ring (bicyclic) bond motifs is 1. The van der Waals surface area contributed by atoms with Gasteiger partial charge in [0, 0.05) is 17.0 Å². The molecular weight excluding hydrogens is 372 g/mol. The van der Waals surface area contributed by atoms with Crippen molar-refractivity contribution in [2.75, 3.05) is 17.2 Å². The molecule has 1 aromatic heterocycles. The maximum absolute atomic E-state index is 10.1. The highest BCUT2D eigenvalue weighted by molar-refractivity contribution is 6.31. The van der Waals surface area contributed by atoms with Crippen LogP contribution in [0.1, 0.15) is 5.56 Å². The summed E-state index contributed by atoms with van der Waals surface area (Å²) in [5, 5.41) is 18.0. The Morgan fingerprint density at radius 1 is 0.893 bits per heavy atom. The highest BCUT2D eigenvalue weighted by Crippen LogP contribution is 2.30. The van der Waals surface area contributed by atoms with Crippen molar-refractivity contribution in [3.8, 4) is 5.75 Å². The van der Waals surface area contributed by atoms with Crippen LogP contribution in [0.4, 0.5) is 17.5 Å². The molecule has 0 aliphatic rings. The van der Waals surface area contributed by atoms with Crippen LogP contribution in [-0.2, 0) is 6.42 Å². The summed E-state index contributed by atoms with van der Waals surface area (Å²) in [6.07, 6.45) is 0.886. The van der Waals surface area contributed by atoms with E-state index in [0.717, 1.165) is 29.7 Å². The number of halogens is 1. The predicted octanol–water partition coefficient (Wildman–Crippen LogP) is 5.39. The Morgan fingerprint density at radius 2 is 1.68 bits per heavy atom. The largest absolute Gasteiger partial charge is 0.506 e. The second-order valence-corrected chi connectivity index (χ2v) is 6.80. The van der Waals surface area contributed by atoms with Crippen molar-refractivity contribution < 1.29 is 5.11 Å². The van der Waals surface area contributed by atoms with Gasteiger partial charge in [0.1, 0.15) is 11.6 Å². The first kappa shape index (κ1) is 18.1. The van der Waals surface area contributed by atoms with Crippen molar-refractivity contribution in [1.82, 2.24) is 9.97 Å². The molecule has 1 heterocycles. The molecular formula is C22H19ClN4O. The van der Waals surface area contributed by atoms with Gasteiger partial charge in [0.25, 0.3) is 0 Å². The quantitative estimate of drug-likeness (QED) is 0.385. The van der Waals surface area contributed by atoms with Crippen molar-refractivity contribution in [2.45, 2.75) is 6.42 Å². The zero-order valence-electron chi connectivity index (χ0n) is 15.1. The lowest BCUT2D eigenvalue weighted by molar-refractivity contribution is 0.477. The van der Waals surface area contributed by atoms with Crippen LogP contribution in [0, 0.1) is 0 Å². The number of phenolic OH excluding ortho intramolecular Hbond substituents is 1. The van der Waals surface area contributed by atoms with Gasteiger partial charge in [-0.25, -0.2) is 4.98 Å². The lowest BCUT2D eigenvalue weighted by Gasteiger charge is -2.13. The molecule has 0 spiro atoms. The van der Waals surface area contributed by atoms with Crippen LogP contribution in [-0.4, -0.2) is 21.6 Å². The van der Waals surface area contributed by atoms with Crippen LogP contribution >= 0.6 is 11.6 Å². The lowest BCUT2D eigenvalue weighted by Crippen LogP contribution is -2.09. The fourth-order valence-corrected chi connectivity index (χ4v) is 3.14. The molecule has 5 nitrogen and oxygen atoms in total. The fourth-order valence-electron chi connectivity index (χ4n) is 2.97. The highest BCUT2D eigenvalue weighted by Gasteiger charge is 2.10. The van der Waals surface area contributed by atoms with Crippen molar-refractivity contribution in [1.29, 1.82) is 0 Å². The molecule has 0 amide bonds. The van der Waals surface area contributed by atoms with E-state index >= 15 is 0 Å². The van der Waals surface area contributed by atoms with E-state index in [1.54, 1.807) is 12.1 Å². The van der Waals surface area contributed by atoms with Gasteiger partial charge in [-0.1, -0.05) is 54.1 Å². The number of hydrogen-bond donors (Lipinski definition) is 3. The monoisotopic (exact) mass is 390 g/mol. The number of nitrogens with one attached hydrogen (secondary N) is 2. The predicted molar refractivity (Wildman–Crippen MR) is 115 cm³/mol. The van der Waals surface area contributed by atoms with Crippen molar-refractivity contribution in [3.05, 3.63) is 83.4 Å². The minimum absolute atomic E-state index is 0.0831. The molecule has 6 heteroatoms. The number of para-hydroxylation sites is 1.